The zero-order valence-electron chi connectivity index (χ0n) is 11.3. The van der Waals surface area contributed by atoms with Gasteiger partial charge in [-0.05, 0) is 24.1 Å². The van der Waals surface area contributed by atoms with Crippen molar-refractivity contribution in [1.29, 1.82) is 0 Å². The summed E-state index contributed by atoms with van der Waals surface area (Å²) in [4.78, 5) is 22.6. The molecule has 0 heterocycles. The second kappa shape index (κ2) is 7.53. The largest absolute Gasteiger partial charge is 0.394 e. The fraction of sp³-hybridized carbons (Fsp3) is 0.429. The maximum Gasteiger partial charge on any atom is 0.224 e. The van der Waals surface area contributed by atoms with Gasteiger partial charge in [0, 0.05) is 12.6 Å². The number of nitrogens with one attached hydrogen (secondary N) is 2. The molecule has 0 fully saturated rings. The van der Waals surface area contributed by atoms with E-state index in [1.165, 1.54) is 6.92 Å². The number of aliphatic hydroxyl groups excluding tert-OH is 1. The summed E-state index contributed by atoms with van der Waals surface area (Å²) in [7, 11) is 0. The number of aliphatic hydroxyl groups is 1. The van der Waals surface area contributed by atoms with Crippen LogP contribution in [0.25, 0.3) is 0 Å². The minimum absolute atomic E-state index is 0.0519. The lowest BCUT2D eigenvalue weighted by Crippen LogP contribution is -2.37. The van der Waals surface area contributed by atoms with Crippen molar-refractivity contribution >= 4 is 17.5 Å². The van der Waals surface area contributed by atoms with Gasteiger partial charge in [-0.3, -0.25) is 9.59 Å². The first-order chi connectivity index (χ1) is 9.05. The van der Waals surface area contributed by atoms with Crippen molar-refractivity contribution in [3.05, 3.63) is 29.8 Å². The molecule has 0 saturated heterocycles. The smallest absolute Gasteiger partial charge is 0.224 e. The molecule has 1 aromatic rings. The van der Waals surface area contributed by atoms with Crippen LogP contribution in [0.4, 0.5) is 5.69 Å². The minimum Gasteiger partial charge on any atom is -0.394 e. The highest BCUT2D eigenvalue weighted by Gasteiger charge is 2.09. The second-order valence-corrected chi connectivity index (χ2v) is 4.41. The molecule has 104 valence electrons. The van der Waals surface area contributed by atoms with Crippen molar-refractivity contribution in [2.24, 2.45) is 0 Å². The third-order valence-corrected chi connectivity index (χ3v) is 2.72. The summed E-state index contributed by atoms with van der Waals surface area (Å²) in [5, 5.41) is 14.4. The van der Waals surface area contributed by atoms with E-state index in [2.05, 4.69) is 10.6 Å². The van der Waals surface area contributed by atoms with Crippen molar-refractivity contribution < 1.29 is 14.7 Å². The van der Waals surface area contributed by atoms with Gasteiger partial charge in [0.25, 0.3) is 0 Å². The van der Waals surface area contributed by atoms with Gasteiger partial charge >= 0.3 is 0 Å². The average Bonchev–Trinajstić information content (AvgIpc) is 2.37. The van der Waals surface area contributed by atoms with E-state index < -0.39 is 0 Å². The fourth-order valence-electron chi connectivity index (χ4n) is 1.65. The van der Waals surface area contributed by atoms with Gasteiger partial charge in [-0.2, -0.15) is 0 Å². The molecule has 1 aromatic carbocycles. The molecular formula is C14H20N2O3. The molecule has 5 nitrogen and oxygen atoms in total. The molecule has 0 unspecified atom stereocenters. The van der Waals surface area contributed by atoms with Gasteiger partial charge in [0.05, 0.1) is 19.1 Å². The van der Waals surface area contributed by atoms with Crippen LogP contribution in [0.3, 0.4) is 0 Å². The molecule has 3 N–H and O–H groups in total. The fourth-order valence-corrected chi connectivity index (χ4v) is 1.65. The molecule has 1 atom stereocenters. The Kier molecular flexibility index (Phi) is 6.02. The Balaban J connectivity index is 2.53. The highest BCUT2D eigenvalue weighted by atomic mass is 16.3. The summed E-state index contributed by atoms with van der Waals surface area (Å²) < 4.78 is 0. The van der Waals surface area contributed by atoms with Crippen molar-refractivity contribution in [2.75, 3.05) is 11.9 Å². The van der Waals surface area contributed by atoms with Crippen molar-refractivity contribution in [3.8, 4) is 0 Å². The van der Waals surface area contributed by atoms with E-state index in [-0.39, 0.29) is 30.9 Å². The first kappa shape index (κ1) is 15.2. The number of amides is 2. The number of rotatable bonds is 6. The first-order valence-corrected chi connectivity index (χ1v) is 6.32. The van der Waals surface area contributed by atoms with Crippen molar-refractivity contribution in [3.63, 3.8) is 0 Å². The third-order valence-electron chi connectivity index (χ3n) is 2.72. The zero-order valence-corrected chi connectivity index (χ0v) is 11.3. The van der Waals surface area contributed by atoms with E-state index in [0.717, 1.165) is 5.56 Å². The van der Waals surface area contributed by atoms with Crippen LogP contribution in [0.5, 0.6) is 0 Å². The number of benzene rings is 1. The highest BCUT2D eigenvalue weighted by Crippen LogP contribution is 2.10. The molecular weight excluding hydrogens is 244 g/mol. The molecule has 0 aliphatic rings. The molecule has 0 radical (unpaired) electrons. The summed E-state index contributed by atoms with van der Waals surface area (Å²) in [6, 6.07) is 6.92. The molecule has 0 aliphatic carbocycles. The molecule has 1 rings (SSSR count). The van der Waals surface area contributed by atoms with E-state index in [1.807, 2.05) is 6.92 Å². The molecule has 5 heteroatoms. The monoisotopic (exact) mass is 264 g/mol. The van der Waals surface area contributed by atoms with E-state index in [1.54, 1.807) is 24.3 Å². The maximum absolute atomic E-state index is 11.7. The van der Waals surface area contributed by atoms with Gasteiger partial charge in [0.2, 0.25) is 11.8 Å². The third kappa shape index (κ3) is 5.52. The predicted molar refractivity (Wildman–Crippen MR) is 73.8 cm³/mol. The first-order valence-electron chi connectivity index (χ1n) is 6.32. The van der Waals surface area contributed by atoms with Gasteiger partial charge in [-0.15, -0.1) is 0 Å². The standard InChI is InChI=1S/C14H20N2O3/c1-3-12(9-17)16-14(19)8-11-4-6-13(7-5-11)15-10(2)18/h4-7,12,17H,3,8-9H2,1-2H3,(H,15,18)(H,16,19)/t12-/m1/s1. The van der Waals surface area contributed by atoms with E-state index in [4.69, 9.17) is 5.11 Å². The Bertz CT molecular complexity index is 425. The van der Waals surface area contributed by atoms with E-state index in [9.17, 15) is 9.59 Å². The minimum atomic E-state index is -0.189. The molecule has 0 aliphatic heterocycles. The summed E-state index contributed by atoms with van der Waals surface area (Å²) in [5.41, 5.74) is 1.57. The van der Waals surface area contributed by atoms with Crippen LogP contribution in [0.1, 0.15) is 25.8 Å². The second-order valence-electron chi connectivity index (χ2n) is 4.41. The van der Waals surface area contributed by atoms with Crippen LogP contribution in [0, 0.1) is 0 Å². The predicted octanol–water partition coefficient (Wildman–Crippen LogP) is 1.07. The SMILES string of the molecule is CC[C@H](CO)NC(=O)Cc1ccc(NC(C)=O)cc1. The van der Waals surface area contributed by atoms with Crippen LogP contribution in [-0.4, -0.2) is 29.6 Å². The number of carbonyl (C=O) groups is 2. The van der Waals surface area contributed by atoms with Crippen molar-refractivity contribution in [1.82, 2.24) is 5.32 Å². The Morgan fingerprint density at radius 2 is 1.89 bits per heavy atom. The lowest BCUT2D eigenvalue weighted by Gasteiger charge is -2.14. The topological polar surface area (TPSA) is 78.4 Å². The van der Waals surface area contributed by atoms with Gasteiger partial charge < -0.3 is 15.7 Å². The van der Waals surface area contributed by atoms with Crippen LogP contribution in [0.2, 0.25) is 0 Å². The van der Waals surface area contributed by atoms with Crippen molar-refractivity contribution in [2.45, 2.75) is 32.7 Å². The number of anilines is 1. The van der Waals surface area contributed by atoms with Crippen LogP contribution in [0.15, 0.2) is 24.3 Å². The maximum atomic E-state index is 11.7. The zero-order chi connectivity index (χ0) is 14.3. The average molecular weight is 264 g/mol. The normalized spacial score (nSPS) is 11.7. The van der Waals surface area contributed by atoms with Gasteiger partial charge in [-0.25, -0.2) is 0 Å². The van der Waals surface area contributed by atoms with Crippen LogP contribution in [-0.2, 0) is 16.0 Å². The molecule has 0 saturated carbocycles. The Hall–Kier alpha value is -1.88. The highest BCUT2D eigenvalue weighted by molar-refractivity contribution is 5.88. The molecule has 2 amide bonds. The lowest BCUT2D eigenvalue weighted by atomic mass is 10.1. The molecule has 19 heavy (non-hydrogen) atoms. The van der Waals surface area contributed by atoms with E-state index >= 15 is 0 Å². The van der Waals surface area contributed by atoms with E-state index in [0.29, 0.717) is 12.1 Å². The van der Waals surface area contributed by atoms with Crippen LogP contribution < -0.4 is 10.6 Å². The molecule has 0 aromatic heterocycles. The lowest BCUT2D eigenvalue weighted by molar-refractivity contribution is -0.121. The Labute approximate surface area is 113 Å². The Morgan fingerprint density at radius 1 is 1.26 bits per heavy atom. The summed E-state index contributed by atoms with van der Waals surface area (Å²) >= 11 is 0. The molecule has 0 spiro atoms. The summed E-state index contributed by atoms with van der Waals surface area (Å²) in [6.07, 6.45) is 0.959. The van der Waals surface area contributed by atoms with Gasteiger partial charge in [0.15, 0.2) is 0 Å². The Morgan fingerprint density at radius 3 is 2.37 bits per heavy atom. The van der Waals surface area contributed by atoms with Gasteiger partial charge in [-0.1, -0.05) is 19.1 Å². The molecule has 0 bridgehead atoms. The number of hydrogen-bond donors (Lipinski definition) is 3. The van der Waals surface area contributed by atoms with Crippen LogP contribution >= 0.6 is 0 Å². The summed E-state index contributed by atoms with van der Waals surface area (Å²) in [5.74, 6) is -0.243. The van der Waals surface area contributed by atoms with Gasteiger partial charge in [0.1, 0.15) is 0 Å². The quantitative estimate of drug-likeness (QED) is 0.719. The number of carbonyl (C=O) groups excluding carboxylic acids is 2. The number of hydrogen-bond acceptors (Lipinski definition) is 3. The summed E-state index contributed by atoms with van der Waals surface area (Å²) in [6.45, 7) is 3.30.